The zero-order valence-corrected chi connectivity index (χ0v) is 19.9. The minimum Gasteiger partial charge on any atom is -0.344 e. The molecule has 0 radical (unpaired) electrons. The monoisotopic (exact) mass is 455 g/mol. The Balaban J connectivity index is 1.30. The van der Waals surface area contributed by atoms with Crippen LogP contribution in [0.25, 0.3) is 6.08 Å². The van der Waals surface area contributed by atoms with Gasteiger partial charge in [0.1, 0.15) is 0 Å². The lowest BCUT2D eigenvalue weighted by molar-refractivity contribution is 0.0864. The van der Waals surface area contributed by atoms with Crippen molar-refractivity contribution in [2.45, 2.75) is 26.3 Å². The summed E-state index contributed by atoms with van der Waals surface area (Å²) in [5.74, 6) is 0.545. The molecule has 0 saturated carbocycles. The summed E-state index contributed by atoms with van der Waals surface area (Å²) in [5.41, 5.74) is 3.83. The van der Waals surface area contributed by atoms with Gasteiger partial charge in [0.15, 0.2) is 15.6 Å². The summed E-state index contributed by atoms with van der Waals surface area (Å²) in [6, 6.07) is 12.2. The lowest BCUT2D eigenvalue weighted by Crippen LogP contribution is -2.47. The lowest BCUT2D eigenvalue weighted by atomic mass is 10.1. The Morgan fingerprint density at radius 2 is 1.75 bits per heavy atom. The Morgan fingerprint density at radius 3 is 2.41 bits per heavy atom. The number of sulfone groups is 1. The number of ketones is 1. The van der Waals surface area contributed by atoms with Gasteiger partial charge < -0.3 is 4.57 Å². The molecule has 1 atom stereocenters. The highest BCUT2D eigenvalue weighted by Crippen LogP contribution is 2.29. The van der Waals surface area contributed by atoms with Crippen LogP contribution in [0, 0.1) is 13.8 Å². The van der Waals surface area contributed by atoms with Gasteiger partial charge >= 0.3 is 0 Å². The van der Waals surface area contributed by atoms with Crippen molar-refractivity contribution in [3.8, 4) is 0 Å². The highest BCUT2D eigenvalue weighted by molar-refractivity contribution is 7.91. The standard InChI is InChI=1S/C25H33N3O3S/c1-20-17-24(21(2)28(20)23-10-16-32(30,31)19-23)25(29)18-27-14-12-26(13-15-27)11-6-9-22-7-4-3-5-8-22/h3-9,17,23H,10-16,18-19H2,1-2H3/b9-6+. The van der Waals surface area contributed by atoms with E-state index in [4.69, 9.17) is 0 Å². The number of carbonyl (C=O) groups excluding carboxylic acids is 1. The fraction of sp³-hybridized carbons (Fsp3) is 0.480. The molecular weight excluding hydrogens is 422 g/mol. The first-order chi connectivity index (χ1) is 15.3. The number of hydrogen-bond acceptors (Lipinski definition) is 5. The molecule has 0 spiro atoms. The molecule has 1 aromatic heterocycles. The van der Waals surface area contributed by atoms with E-state index in [-0.39, 0.29) is 23.3 Å². The summed E-state index contributed by atoms with van der Waals surface area (Å²) in [7, 11) is -2.96. The quantitative estimate of drug-likeness (QED) is 0.601. The summed E-state index contributed by atoms with van der Waals surface area (Å²) in [4.78, 5) is 17.7. The molecule has 172 valence electrons. The predicted molar refractivity (Wildman–Crippen MR) is 129 cm³/mol. The first-order valence-electron chi connectivity index (χ1n) is 11.4. The molecule has 2 saturated heterocycles. The SMILES string of the molecule is Cc1cc(C(=O)CN2CCN(C/C=C/c3ccccc3)CC2)c(C)n1C1CCS(=O)(=O)C1. The minimum atomic E-state index is -2.96. The van der Waals surface area contributed by atoms with Crippen LogP contribution in [-0.2, 0) is 9.84 Å². The molecule has 0 N–H and O–H groups in total. The van der Waals surface area contributed by atoms with Crippen LogP contribution in [0.5, 0.6) is 0 Å². The first kappa shape index (κ1) is 23.0. The smallest absolute Gasteiger partial charge is 0.178 e. The molecule has 0 bridgehead atoms. The maximum Gasteiger partial charge on any atom is 0.178 e. The molecule has 2 aliphatic rings. The molecule has 6 nitrogen and oxygen atoms in total. The fourth-order valence-electron chi connectivity index (χ4n) is 4.92. The van der Waals surface area contributed by atoms with Crippen molar-refractivity contribution in [2.24, 2.45) is 0 Å². The van der Waals surface area contributed by atoms with Crippen LogP contribution in [0.1, 0.15) is 39.8 Å². The number of nitrogens with zero attached hydrogens (tertiary/aromatic N) is 3. The normalized spacial score (nSPS) is 22.0. The Hall–Kier alpha value is -2.22. The number of rotatable bonds is 7. The van der Waals surface area contributed by atoms with E-state index >= 15 is 0 Å². The molecule has 0 aliphatic carbocycles. The van der Waals surface area contributed by atoms with Gasteiger partial charge in [-0.2, -0.15) is 0 Å². The van der Waals surface area contributed by atoms with Gasteiger partial charge in [0, 0.05) is 55.7 Å². The van der Waals surface area contributed by atoms with Crippen LogP contribution in [0.15, 0.2) is 42.5 Å². The van der Waals surface area contributed by atoms with Crippen molar-refractivity contribution in [1.82, 2.24) is 14.4 Å². The van der Waals surface area contributed by atoms with E-state index in [0.29, 0.717) is 13.0 Å². The zero-order chi connectivity index (χ0) is 22.7. The Kier molecular flexibility index (Phi) is 6.98. The van der Waals surface area contributed by atoms with Gasteiger partial charge in [0.2, 0.25) is 0 Å². The van der Waals surface area contributed by atoms with Gasteiger partial charge in [-0.25, -0.2) is 8.42 Å². The summed E-state index contributed by atoms with van der Waals surface area (Å²) in [6.07, 6.45) is 4.99. The number of carbonyl (C=O) groups is 1. The molecule has 3 heterocycles. The third-order valence-electron chi connectivity index (χ3n) is 6.66. The van der Waals surface area contributed by atoms with Crippen LogP contribution in [-0.4, -0.2) is 79.3 Å². The molecular formula is C25H33N3O3S. The average Bonchev–Trinajstić information content (AvgIpc) is 3.27. The summed E-state index contributed by atoms with van der Waals surface area (Å²) in [5, 5.41) is 0. The third kappa shape index (κ3) is 5.39. The van der Waals surface area contributed by atoms with Gasteiger partial charge in [-0.15, -0.1) is 0 Å². The predicted octanol–water partition coefficient (Wildman–Crippen LogP) is 2.98. The van der Waals surface area contributed by atoms with E-state index < -0.39 is 9.84 Å². The molecule has 4 rings (SSSR count). The van der Waals surface area contributed by atoms with Crippen molar-refractivity contribution in [3.63, 3.8) is 0 Å². The second-order valence-corrected chi connectivity index (χ2v) is 11.3. The molecule has 32 heavy (non-hydrogen) atoms. The van der Waals surface area contributed by atoms with Gasteiger partial charge in [0.05, 0.1) is 18.1 Å². The van der Waals surface area contributed by atoms with E-state index in [9.17, 15) is 13.2 Å². The molecule has 0 amide bonds. The highest BCUT2D eigenvalue weighted by Gasteiger charge is 2.32. The van der Waals surface area contributed by atoms with Crippen LogP contribution in [0.3, 0.4) is 0 Å². The summed E-state index contributed by atoms with van der Waals surface area (Å²) in [6.45, 7) is 8.91. The van der Waals surface area contributed by atoms with E-state index in [1.54, 1.807) is 0 Å². The molecule has 7 heteroatoms. The first-order valence-corrected chi connectivity index (χ1v) is 13.2. The molecule has 1 aromatic carbocycles. The second-order valence-electron chi connectivity index (χ2n) is 9.02. The number of hydrogen-bond donors (Lipinski definition) is 0. The molecule has 2 aromatic rings. The molecule has 2 aliphatic heterocycles. The maximum atomic E-state index is 13.1. The number of benzene rings is 1. The van der Waals surface area contributed by atoms with Crippen molar-refractivity contribution in [2.75, 3.05) is 50.8 Å². The summed E-state index contributed by atoms with van der Waals surface area (Å²) >= 11 is 0. The molecule has 1 unspecified atom stereocenters. The average molecular weight is 456 g/mol. The number of aryl methyl sites for hydroxylation is 1. The van der Waals surface area contributed by atoms with E-state index in [1.807, 2.05) is 38.1 Å². The van der Waals surface area contributed by atoms with Crippen LogP contribution in [0.4, 0.5) is 0 Å². The lowest BCUT2D eigenvalue weighted by Gasteiger charge is -2.33. The maximum absolute atomic E-state index is 13.1. The Bertz CT molecular complexity index is 1080. The van der Waals surface area contributed by atoms with Gasteiger partial charge in [0.25, 0.3) is 0 Å². The third-order valence-corrected chi connectivity index (χ3v) is 8.41. The van der Waals surface area contributed by atoms with Crippen molar-refractivity contribution in [3.05, 3.63) is 65.0 Å². The number of aromatic nitrogens is 1. The number of Topliss-reactive ketones (excluding diaryl/α,β-unsaturated/α-hetero) is 1. The van der Waals surface area contributed by atoms with Crippen molar-refractivity contribution >= 4 is 21.7 Å². The van der Waals surface area contributed by atoms with Crippen molar-refractivity contribution < 1.29 is 13.2 Å². The van der Waals surface area contributed by atoms with E-state index in [1.165, 1.54) is 5.56 Å². The van der Waals surface area contributed by atoms with Gasteiger partial charge in [-0.3, -0.25) is 14.6 Å². The topological polar surface area (TPSA) is 62.6 Å². The summed E-state index contributed by atoms with van der Waals surface area (Å²) < 4.78 is 25.9. The van der Waals surface area contributed by atoms with E-state index in [2.05, 4.69) is 38.7 Å². The van der Waals surface area contributed by atoms with Gasteiger partial charge in [-0.1, -0.05) is 42.5 Å². The molecule has 2 fully saturated rings. The van der Waals surface area contributed by atoms with Crippen LogP contribution in [0.2, 0.25) is 0 Å². The largest absolute Gasteiger partial charge is 0.344 e. The van der Waals surface area contributed by atoms with Crippen LogP contribution < -0.4 is 0 Å². The zero-order valence-electron chi connectivity index (χ0n) is 19.0. The minimum absolute atomic E-state index is 0.0472. The second kappa shape index (κ2) is 9.73. The van der Waals surface area contributed by atoms with Crippen molar-refractivity contribution in [1.29, 1.82) is 0 Å². The fourth-order valence-corrected chi connectivity index (χ4v) is 6.62. The van der Waals surface area contributed by atoms with E-state index in [0.717, 1.165) is 49.7 Å². The van der Waals surface area contributed by atoms with Gasteiger partial charge in [-0.05, 0) is 31.9 Å². The Morgan fingerprint density at radius 1 is 1.06 bits per heavy atom. The number of piperazine rings is 1. The van der Waals surface area contributed by atoms with Crippen LogP contribution >= 0.6 is 0 Å². The highest BCUT2D eigenvalue weighted by atomic mass is 32.2. The Labute approximate surface area is 191 Å².